The Morgan fingerprint density at radius 3 is 2.52 bits per heavy atom. The molecular weight excluding hydrogens is 314 g/mol. The summed E-state index contributed by atoms with van der Waals surface area (Å²) in [7, 11) is 1.62. The zero-order valence-electron chi connectivity index (χ0n) is 14.0. The first kappa shape index (κ1) is 16.6. The largest absolute Gasteiger partial charge is 0.497 e. The van der Waals surface area contributed by atoms with Gasteiger partial charge < -0.3 is 10.1 Å². The molecule has 25 heavy (non-hydrogen) atoms. The lowest BCUT2D eigenvalue weighted by Gasteiger charge is -2.10. The van der Waals surface area contributed by atoms with Gasteiger partial charge in [-0.2, -0.15) is 0 Å². The van der Waals surface area contributed by atoms with Gasteiger partial charge in [-0.05, 0) is 41.5 Å². The maximum atomic E-state index is 12.2. The van der Waals surface area contributed by atoms with Crippen LogP contribution < -0.4 is 10.1 Å². The Morgan fingerprint density at radius 1 is 1.04 bits per heavy atom. The molecule has 1 aromatic carbocycles. The van der Waals surface area contributed by atoms with Crippen molar-refractivity contribution >= 4 is 5.91 Å². The molecule has 0 aliphatic rings. The second-order valence-corrected chi connectivity index (χ2v) is 5.55. The Labute approximate surface area is 146 Å². The second-order valence-electron chi connectivity index (χ2n) is 5.55. The third-order valence-electron chi connectivity index (χ3n) is 3.84. The molecule has 0 bridgehead atoms. The van der Waals surface area contributed by atoms with Gasteiger partial charge in [0.05, 0.1) is 19.2 Å². The first-order valence-corrected chi connectivity index (χ1v) is 8.00. The summed E-state index contributed by atoms with van der Waals surface area (Å²) >= 11 is 0. The van der Waals surface area contributed by atoms with Crippen molar-refractivity contribution in [1.29, 1.82) is 0 Å². The average Bonchev–Trinajstić information content (AvgIpc) is 2.68. The number of hydrogen-bond donors (Lipinski definition) is 1. The first-order chi connectivity index (χ1) is 12.3. The maximum Gasteiger partial charge on any atom is 0.224 e. The van der Waals surface area contributed by atoms with Gasteiger partial charge in [-0.3, -0.25) is 14.8 Å². The molecule has 0 unspecified atom stereocenters. The monoisotopic (exact) mass is 333 g/mol. The van der Waals surface area contributed by atoms with Crippen LogP contribution in [0.2, 0.25) is 0 Å². The molecule has 0 aliphatic carbocycles. The van der Waals surface area contributed by atoms with E-state index in [-0.39, 0.29) is 5.91 Å². The molecule has 5 nitrogen and oxygen atoms in total. The topological polar surface area (TPSA) is 64.1 Å². The van der Waals surface area contributed by atoms with Gasteiger partial charge in [0, 0.05) is 30.7 Å². The fraction of sp³-hybridized carbons (Fsp3) is 0.150. The molecule has 0 saturated carbocycles. The van der Waals surface area contributed by atoms with E-state index in [4.69, 9.17) is 4.74 Å². The van der Waals surface area contributed by atoms with Crippen LogP contribution in [0.1, 0.15) is 11.1 Å². The molecule has 1 N–H and O–H groups in total. The number of benzene rings is 1. The van der Waals surface area contributed by atoms with Crippen molar-refractivity contribution < 1.29 is 9.53 Å². The fourth-order valence-electron chi connectivity index (χ4n) is 2.54. The van der Waals surface area contributed by atoms with E-state index in [1.165, 1.54) is 0 Å². The predicted molar refractivity (Wildman–Crippen MR) is 96.0 cm³/mol. The molecular formula is C20H19N3O2. The minimum absolute atomic E-state index is 0.0327. The molecule has 1 amide bonds. The van der Waals surface area contributed by atoms with Crippen LogP contribution in [0.5, 0.6) is 5.75 Å². The highest BCUT2D eigenvalue weighted by atomic mass is 16.5. The van der Waals surface area contributed by atoms with Crippen molar-refractivity contribution in [2.75, 3.05) is 7.11 Å². The van der Waals surface area contributed by atoms with Gasteiger partial charge in [0.15, 0.2) is 0 Å². The molecule has 0 fully saturated rings. The van der Waals surface area contributed by atoms with Gasteiger partial charge in [0.1, 0.15) is 5.75 Å². The summed E-state index contributed by atoms with van der Waals surface area (Å²) in [6.07, 6.45) is 5.54. The van der Waals surface area contributed by atoms with Crippen LogP contribution in [0.3, 0.4) is 0 Å². The molecule has 0 saturated heterocycles. The summed E-state index contributed by atoms with van der Waals surface area (Å²) < 4.78 is 5.12. The van der Waals surface area contributed by atoms with Gasteiger partial charge >= 0.3 is 0 Å². The van der Waals surface area contributed by atoms with Crippen molar-refractivity contribution in [3.05, 3.63) is 78.2 Å². The summed E-state index contributed by atoms with van der Waals surface area (Å²) in [6.45, 7) is 0.431. The van der Waals surface area contributed by atoms with E-state index in [2.05, 4.69) is 15.3 Å². The third-order valence-corrected chi connectivity index (χ3v) is 3.84. The predicted octanol–water partition coefficient (Wildman–Crippen LogP) is 3.01. The van der Waals surface area contributed by atoms with Crippen molar-refractivity contribution in [1.82, 2.24) is 15.3 Å². The molecule has 2 heterocycles. The van der Waals surface area contributed by atoms with Gasteiger partial charge in [0.25, 0.3) is 0 Å². The number of amides is 1. The van der Waals surface area contributed by atoms with E-state index < -0.39 is 0 Å². The van der Waals surface area contributed by atoms with Crippen LogP contribution in [0, 0.1) is 0 Å². The normalized spacial score (nSPS) is 10.3. The van der Waals surface area contributed by atoms with Crippen molar-refractivity contribution in [2.45, 2.75) is 13.0 Å². The quantitative estimate of drug-likeness (QED) is 0.753. The molecule has 0 spiro atoms. The van der Waals surface area contributed by atoms with Crippen molar-refractivity contribution in [3.63, 3.8) is 0 Å². The van der Waals surface area contributed by atoms with Crippen LogP contribution in [0.25, 0.3) is 11.3 Å². The number of carbonyl (C=O) groups is 1. The lowest BCUT2D eigenvalue weighted by Crippen LogP contribution is -2.25. The van der Waals surface area contributed by atoms with E-state index in [0.717, 1.165) is 28.1 Å². The number of carbonyl (C=O) groups excluding carboxylic acids is 1. The number of nitrogens with one attached hydrogen (secondary N) is 1. The minimum atomic E-state index is -0.0327. The lowest BCUT2D eigenvalue weighted by atomic mass is 10.1. The number of ether oxygens (including phenoxy) is 1. The molecule has 126 valence electrons. The fourth-order valence-corrected chi connectivity index (χ4v) is 2.54. The zero-order chi connectivity index (χ0) is 17.5. The second kappa shape index (κ2) is 8.06. The van der Waals surface area contributed by atoms with Crippen molar-refractivity contribution in [2.24, 2.45) is 0 Å². The Morgan fingerprint density at radius 2 is 1.80 bits per heavy atom. The number of pyridine rings is 2. The SMILES string of the molecule is COc1ccc(CC(=O)NCc2cccnc2-c2ccncc2)cc1. The summed E-state index contributed by atoms with van der Waals surface area (Å²) in [4.78, 5) is 20.7. The molecule has 0 atom stereocenters. The smallest absolute Gasteiger partial charge is 0.224 e. The number of aromatic nitrogens is 2. The maximum absolute atomic E-state index is 12.2. The summed E-state index contributed by atoms with van der Waals surface area (Å²) in [5.74, 6) is 0.746. The highest BCUT2D eigenvalue weighted by Gasteiger charge is 2.08. The number of methoxy groups -OCH3 is 1. The standard InChI is InChI=1S/C20H19N3O2/c1-25-18-6-4-15(5-7-18)13-19(24)23-14-17-3-2-10-22-20(17)16-8-11-21-12-9-16/h2-12H,13-14H2,1H3,(H,23,24). The van der Waals surface area contributed by atoms with E-state index in [1.807, 2.05) is 48.5 Å². The molecule has 0 aliphatic heterocycles. The Balaban J connectivity index is 1.64. The summed E-state index contributed by atoms with van der Waals surface area (Å²) in [6, 6.07) is 15.1. The van der Waals surface area contributed by atoms with Crippen LogP contribution in [0.15, 0.2) is 67.1 Å². The Hall–Kier alpha value is -3.21. The number of hydrogen-bond acceptors (Lipinski definition) is 4. The Bertz CT molecular complexity index is 833. The third kappa shape index (κ3) is 4.41. The van der Waals surface area contributed by atoms with Gasteiger partial charge in [-0.1, -0.05) is 18.2 Å². The zero-order valence-corrected chi connectivity index (χ0v) is 14.0. The van der Waals surface area contributed by atoms with E-state index in [1.54, 1.807) is 25.7 Å². The highest BCUT2D eigenvalue weighted by Crippen LogP contribution is 2.20. The number of nitrogens with zero attached hydrogens (tertiary/aromatic N) is 2. The lowest BCUT2D eigenvalue weighted by molar-refractivity contribution is -0.120. The summed E-state index contributed by atoms with van der Waals surface area (Å²) in [5, 5.41) is 2.96. The van der Waals surface area contributed by atoms with E-state index in [0.29, 0.717) is 13.0 Å². The molecule has 5 heteroatoms. The molecule has 3 aromatic rings. The van der Waals surface area contributed by atoms with Gasteiger partial charge in [-0.25, -0.2) is 0 Å². The van der Waals surface area contributed by atoms with Gasteiger partial charge in [-0.15, -0.1) is 0 Å². The van der Waals surface area contributed by atoms with E-state index in [9.17, 15) is 4.79 Å². The van der Waals surface area contributed by atoms with Crippen LogP contribution >= 0.6 is 0 Å². The molecule has 2 aromatic heterocycles. The summed E-state index contributed by atoms with van der Waals surface area (Å²) in [5.41, 5.74) is 3.75. The average molecular weight is 333 g/mol. The van der Waals surface area contributed by atoms with Gasteiger partial charge in [0.2, 0.25) is 5.91 Å². The van der Waals surface area contributed by atoms with Crippen LogP contribution in [-0.4, -0.2) is 23.0 Å². The first-order valence-electron chi connectivity index (χ1n) is 8.00. The van der Waals surface area contributed by atoms with Crippen LogP contribution in [-0.2, 0) is 17.8 Å². The molecule has 3 rings (SSSR count). The minimum Gasteiger partial charge on any atom is -0.497 e. The van der Waals surface area contributed by atoms with Crippen molar-refractivity contribution in [3.8, 4) is 17.0 Å². The van der Waals surface area contributed by atoms with Crippen LogP contribution in [0.4, 0.5) is 0 Å². The molecule has 0 radical (unpaired) electrons. The highest BCUT2D eigenvalue weighted by molar-refractivity contribution is 5.78. The van der Waals surface area contributed by atoms with E-state index >= 15 is 0 Å². The number of rotatable bonds is 6. The Kier molecular flexibility index (Phi) is 5.36.